The normalized spacial score (nSPS) is 19.6. The third-order valence-corrected chi connectivity index (χ3v) is 3.09. The Balaban J connectivity index is 1.76. The average Bonchev–Trinajstić information content (AvgIpc) is 2.73. The molecule has 0 spiro atoms. The van der Waals surface area contributed by atoms with E-state index in [4.69, 9.17) is 4.42 Å². The van der Waals surface area contributed by atoms with Crippen LogP contribution in [0.5, 0.6) is 0 Å². The molecule has 90 valence electrons. The SMILES string of the molecule is Cc1ccc(NCC(C)N2CCNCC2)o1. The van der Waals surface area contributed by atoms with Gasteiger partial charge in [-0.25, -0.2) is 0 Å². The summed E-state index contributed by atoms with van der Waals surface area (Å²) in [6.45, 7) is 9.64. The maximum Gasteiger partial charge on any atom is 0.193 e. The Labute approximate surface area is 97.0 Å². The Kier molecular flexibility index (Phi) is 3.85. The predicted molar refractivity (Wildman–Crippen MR) is 65.8 cm³/mol. The summed E-state index contributed by atoms with van der Waals surface area (Å²) >= 11 is 0. The molecule has 0 aromatic carbocycles. The maximum absolute atomic E-state index is 5.48. The van der Waals surface area contributed by atoms with Crippen LogP contribution < -0.4 is 10.6 Å². The van der Waals surface area contributed by atoms with Gasteiger partial charge in [0.15, 0.2) is 5.88 Å². The van der Waals surface area contributed by atoms with Crippen LogP contribution in [0.2, 0.25) is 0 Å². The van der Waals surface area contributed by atoms with Crippen LogP contribution in [0.3, 0.4) is 0 Å². The van der Waals surface area contributed by atoms with Gasteiger partial charge in [0.2, 0.25) is 0 Å². The Hall–Kier alpha value is -1.00. The zero-order chi connectivity index (χ0) is 11.4. The van der Waals surface area contributed by atoms with E-state index in [9.17, 15) is 0 Å². The van der Waals surface area contributed by atoms with Gasteiger partial charge in [-0.1, -0.05) is 0 Å². The first-order chi connectivity index (χ1) is 7.75. The molecule has 0 aliphatic carbocycles. The van der Waals surface area contributed by atoms with Crippen molar-refractivity contribution in [3.05, 3.63) is 17.9 Å². The molecule has 4 nitrogen and oxygen atoms in total. The molecule has 2 rings (SSSR count). The van der Waals surface area contributed by atoms with Crippen molar-refractivity contribution in [2.45, 2.75) is 19.9 Å². The second kappa shape index (κ2) is 5.37. The van der Waals surface area contributed by atoms with Crippen LogP contribution >= 0.6 is 0 Å². The molecule has 0 saturated carbocycles. The minimum absolute atomic E-state index is 0.549. The molecule has 2 heterocycles. The van der Waals surface area contributed by atoms with Gasteiger partial charge in [0.25, 0.3) is 0 Å². The maximum atomic E-state index is 5.48. The van der Waals surface area contributed by atoms with Crippen LogP contribution in [-0.4, -0.2) is 43.7 Å². The van der Waals surface area contributed by atoms with Crippen molar-refractivity contribution in [2.24, 2.45) is 0 Å². The van der Waals surface area contributed by atoms with Gasteiger partial charge >= 0.3 is 0 Å². The molecule has 1 saturated heterocycles. The number of piperazine rings is 1. The van der Waals surface area contributed by atoms with Crippen LogP contribution in [0.25, 0.3) is 0 Å². The van der Waals surface area contributed by atoms with E-state index in [2.05, 4.69) is 22.5 Å². The van der Waals surface area contributed by atoms with Gasteiger partial charge in [-0.15, -0.1) is 0 Å². The van der Waals surface area contributed by atoms with Gasteiger partial charge in [-0.05, 0) is 19.9 Å². The summed E-state index contributed by atoms with van der Waals surface area (Å²) in [5, 5.41) is 6.70. The number of aryl methyl sites for hydroxylation is 1. The summed E-state index contributed by atoms with van der Waals surface area (Å²) in [6.07, 6.45) is 0. The van der Waals surface area contributed by atoms with Crippen LogP contribution in [0.1, 0.15) is 12.7 Å². The molecule has 1 aliphatic rings. The Bertz CT molecular complexity index is 318. The second-order valence-electron chi connectivity index (χ2n) is 4.43. The van der Waals surface area contributed by atoms with E-state index < -0.39 is 0 Å². The van der Waals surface area contributed by atoms with E-state index in [-0.39, 0.29) is 0 Å². The van der Waals surface area contributed by atoms with Gasteiger partial charge < -0.3 is 15.1 Å². The van der Waals surface area contributed by atoms with Crippen molar-refractivity contribution < 1.29 is 4.42 Å². The lowest BCUT2D eigenvalue weighted by Crippen LogP contribution is -2.49. The van der Waals surface area contributed by atoms with Gasteiger partial charge in [0.05, 0.1) is 0 Å². The Morgan fingerprint density at radius 2 is 2.19 bits per heavy atom. The zero-order valence-corrected chi connectivity index (χ0v) is 10.1. The molecule has 0 bridgehead atoms. The topological polar surface area (TPSA) is 40.4 Å². The fraction of sp³-hybridized carbons (Fsp3) is 0.667. The molecule has 0 amide bonds. The molecule has 4 heteroatoms. The molecule has 0 radical (unpaired) electrons. The molecular formula is C12H21N3O. The summed E-state index contributed by atoms with van der Waals surface area (Å²) < 4.78 is 5.48. The number of anilines is 1. The summed E-state index contributed by atoms with van der Waals surface area (Å²) in [5.41, 5.74) is 0. The van der Waals surface area contributed by atoms with E-state index in [0.29, 0.717) is 6.04 Å². The van der Waals surface area contributed by atoms with Crippen LogP contribution in [0.4, 0.5) is 5.88 Å². The molecule has 1 aromatic rings. The fourth-order valence-corrected chi connectivity index (χ4v) is 2.03. The van der Waals surface area contributed by atoms with Crippen molar-refractivity contribution in [3.63, 3.8) is 0 Å². The van der Waals surface area contributed by atoms with E-state index in [1.807, 2.05) is 19.1 Å². The summed E-state index contributed by atoms with van der Waals surface area (Å²) in [6, 6.07) is 4.52. The van der Waals surface area contributed by atoms with Crippen LogP contribution in [0, 0.1) is 6.92 Å². The third kappa shape index (κ3) is 3.00. The van der Waals surface area contributed by atoms with Gasteiger partial charge in [-0.2, -0.15) is 0 Å². The van der Waals surface area contributed by atoms with E-state index >= 15 is 0 Å². The fourth-order valence-electron chi connectivity index (χ4n) is 2.03. The van der Waals surface area contributed by atoms with E-state index in [1.165, 1.54) is 0 Å². The molecule has 1 fully saturated rings. The van der Waals surface area contributed by atoms with Crippen molar-refractivity contribution in [3.8, 4) is 0 Å². The summed E-state index contributed by atoms with van der Waals surface area (Å²) in [7, 11) is 0. The highest BCUT2D eigenvalue weighted by atomic mass is 16.4. The number of hydrogen-bond acceptors (Lipinski definition) is 4. The molecule has 1 aromatic heterocycles. The summed E-state index contributed by atoms with van der Waals surface area (Å²) in [4.78, 5) is 2.50. The number of rotatable bonds is 4. The molecular weight excluding hydrogens is 202 g/mol. The van der Waals surface area contributed by atoms with E-state index in [0.717, 1.165) is 44.4 Å². The lowest BCUT2D eigenvalue weighted by Gasteiger charge is -2.32. The first-order valence-corrected chi connectivity index (χ1v) is 6.01. The smallest absolute Gasteiger partial charge is 0.193 e. The van der Waals surface area contributed by atoms with Crippen molar-refractivity contribution in [2.75, 3.05) is 38.0 Å². The highest BCUT2D eigenvalue weighted by molar-refractivity contribution is 5.31. The van der Waals surface area contributed by atoms with Crippen molar-refractivity contribution in [1.29, 1.82) is 0 Å². The monoisotopic (exact) mass is 223 g/mol. The quantitative estimate of drug-likeness (QED) is 0.807. The van der Waals surface area contributed by atoms with E-state index in [1.54, 1.807) is 0 Å². The predicted octanol–water partition coefficient (Wildman–Crippen LogP) is 1.29. The Morgan fingerprint density at radius 1 is 1.44 bits per heavy atom. The molecule has 1 atom stereocenters. The second-order valence-corrected chi connectivity index (χ2v) is 4.43. The number of furan rings is 1. The molecule has 16 heavy (non-hydrogen) atoms. The highest BCUT2D eigenvalue weighted by Crippen LogP contribution is 2.12. The lowest BCUT2D eigenvalue weighted by molar-refractivity contribution is 0.191. The molecule has 1 unspecified atom stereocenters. The number of hydrogen-bond donors (Lipinski definition) is 2. The number of nitrogens with one attached hydrogen (secondary N) is 2. The first kappa shape index (κ1) is 11.5. The summed E-state index contributed by atoms with van der Waals surface area (Å²) in [5.74, 6) is 1.83. The molecule has 2 N–H and O–H groups in total. The minimum atomic E-state index is 0.549. The number of nitrogens with zero attached hydrogens (tertiary/aromatic N) is 1. The zero-order valence-electron chi connectivity index (χ0n) is 10.1. The third-order valence-electron chi connectivity index (χ3n) is 3.09. The van der Waals surface area contributed by atoms with Crippen LogP contribution in [0.15, 0.2) is 16.5 Å². The Morgan fingerprint density at radius 3 is 2.81 bits per heavy atom. The minimum Gasteiger partial charge on any atom is -0.446 e. The van der Waals surface area contributed by atoms with Crippen molar-refractivity contribution >= 4 is 5.88 Å². The van der Waals surface area contributed by atoms with Crippen molar-refractivity contribution in [1.82, 2.24) is 10.2 Å². The average molecular weight is 223 g/mol. The lowest BCUT2D eigenvalue weighted by atomic mass is 10.2. The van der Waals surface area contributed by atoms with Gasteiger partial charge in [-0.3, -0.25) is 4.90 Å². The van der Waals surface area contributed by atoms with Gasteiger partial charge in [0.1, 0.15) is 5.76 Å². The standard InChI is InChI=1S/C12H21N3O/c1-10(15-7-5-13-6-8-15)9-14-12-4-3-11(2)16-12/h3-4,10,13-14H,5-9H2,1-2H3. The first-order valence-electron chi connectivity index (χ1n) is 6.01. The van der Waals surface area contributed by atoms with Crippen LogP contribution in [-0.2, 0) is 0 Å². The highest BCUT2D eigenvalue weighted by Gasteiger charge is 2.16. The van der Waals surface area contributed by atoms with Gasteiger partial charge in [0, 0.05) is 44.8 Å². The largest absolute Gasteiger partial charge is 0.446 e. The molecule has 1 aliphatic heterocycles.